The monoisotopic (exact) mass is 499 g/mol. The number of nitrogens with one attached hydrogen (secondary N) is 2. The van der Waals surface area contributed by atoms with Crippen molar-refractivity contribution in [2.24, 2.45) is 0 Å². The largest absolute Gasteiger partial charge is 0.494 e. The van der Waals surface area contributed by atoms with Crippen molar-refractivity contribution in [1.82, 2.24) is 0 Å². The molecule has 0 aromatic heterocycles. The summed E-state index contributed by atoms with van der Waals surface area (Å²) in [6, 6.07) is 17.2. The molecule has 12 heteroatoms. The van der Waals surface area contributed by atoms with Crippen molar-refractivity contribution in [2.45, 2.75) is 11.8 Å². The first kappa shape index (κ1) is 25.2. The second-order valence-electron chi connectivity index (χ2n) is 6.99. The summed E-state index contributed by atoms with van der Waals surface area (Å²) in [4.78, 5) is 35.3. The summed E-state index contributed by atoms with van der Waals surface area (Å²) in [5.41, 5.74) is -0.346. The van der Waals surface area contributed by atoms with E-state index in [1.165, 1.54) is 54.6 Å². The summed E-state index contributed by atoms with van der Waals surface area (Å²) < 4.78 is 37.5. The normalized spacial score (nSPS) is 10.8. The number of rotatable bonds is 10. The van der Waals surface area contributed by atoms with Gasteiger partial charge in [0.25, 0.3) is 21.6 Å². The highest BCUT2D eigenvalue weighted by Crippen LogP contribution is 2.29. The molecule has 3 rings (SSSR count). The Balaban J connectivity index is 1.63. The molecule has 0 aliphatic rings. The highest BCUT2D eigenvalue weighted by atomic mass is 32.2. The fourth-order valence-electron chi connectivity index (χ4n) is 2.95. The van der Waals surface area contributed by atoms with Gasteiger partial charge >= 0.3 is 5.97 Å². The lowest BCUT2D eigenvalue weighted by molar-refractivity contribution is -0.384. The molecule has 0 aliphatic heterocycles. The molecule has 0 atom stereocenters. The van der Waals surface area contributed by atoms with Gasteiger partial charge in [-0.15, -0.1) is 0 Å². The van der Waals surface area contributed by atoms with E-state index < -0.39 is 33.4 Å². The standard InChI is InChI=1S/C23H21N3O8S/c1-2-33-18-11-12-20(21(14-18)26(29)30)24-22(27)15-34-23(28)16-7-6-8-17(13-16)25-35(31,32)19-9-4-3-5-10-19/h3-14,25H,2,15H2,1H3,(H,24,27). The molecule has 0 unspecified atom stereocenters. The number of carbonyl (C=O) groups excluding carboxylic acids is 2. The highest BCUT2D eigenvalue weighted by Gasteiger charge is 2.19. The first-order valence-corrected chi connectivity index (χ1v) is 11.7. The number of nitrogens with zero attached hydrogens (tertiary/aromatic N) is 1. The molecule has 1 amide bonds. The lowest BCUT2D eigenvalue weighted by Gasteiger charge is -2.10. The maximum Gasteiger partial charge on any atom is 0.338 e. The Kier molecular flexibility index (Phi) is 8.00. The van der Waals surface area contributed by atoms with Crippen LogP contribution in [0.2, 0.25) is 0 Å². The van der Waals surface area contributed by atoms with Gasteiger partial charge in [-0.3, -0.25) is 19.6 Å². The van der Waals surface area contributed by atoms with Gasteiger partial charge in [-0.2, -0.15) is 0 Å². The topological polar surface area (TPSA) is 154 Å². The van der Waals surface area contributed by atoms with E-state index in [-0.39, 0.29) is 33.3 Å². The van der Waals surface area contributed by atoms with Gasteiger partial charge in [0, 0.05) is 5.69 Å². The van der Waals surface area contributed by atoms with Crippen LogP contribution >= 0.6 is 0 Å². The maximum absolute atomic E-state index is 12.5. The molecule has 3 aromatic carbocycles. The van der Waals surface area contributed by atoms with E-state index in [1.54, 1.807) is 25.1 Å². The Bertz CT molecular complexity index is 1340. The van der Waals surface area contributed by atoms with Crippen molar-refractivity contribution in [2.75, 3.05) is 23.3 Å². The SMILES string of the molecule is CCOc1ccc(NC(=O)COC(=O)c2cccc(NS(=O)(=O)c3ccccc3)c2)c([N+](=O)[O-])c1. The van der Waals surface area contributed by atoms with Crippen molar-refractivity contribution in [3.8, 4) is 5.75 Å². The second kappa shape index (κ2) is 11.1. The van der Waals surface area contributed by atoms with Crippen LogP contribution in [0.15, 0.2) is 77.7 Å². The van der Waals surface area contributed by atoms with E-state index in [2.05, 4.69) is 10.0 Å². The number of sulfonamides is 1. The zero-order chi connectivity index (χ0) is 25.4. The molecule has 0 spiro atoms. The van der Waals surface area contributed by atoms with E-state index in [9.17, 15) is 28.1 Å². The van der Waals surface area contributed by atoms with Crippen LogP contribution in [0.1, 0.15) is 17.3 Å². The number of amides is 1. The van der Waals surface area contributed by atoms with Gasteiger partial charge < -0.3 is 14.8 Å². The minimum absolute atomic E-state index is 0.00175. The molecule has 2 N–H and O–H groups in total. The van der Waals surface area contributed by atoms with Gasteiger partial charge in [0.15, 0.2) is 6.61 Å². The van der Waals surface area contributed by atoms with Crippen LogP contribution in [-0.4, -0.2) is 38.4 Å². The predicted molar refractivity (Wildman–Crippen MR) is 127 cm³/mol. The minimum Gasteiger partial charge on any atom is -0.494 e. The van der Waals surface area contributed by atoms with Crippen LogP contribution in [0.25, 0.3) is 0 Å². The third kappa shape index (κ3) is 6.77. The molecule has 0 heterocycles. The molecule has 0 fully saturated rings. The van der Waals surface area contributed by atoms with Crippen LogP contribution < -0.4 is 14.8 Å². The lowest BCUT2D eigenvalue weighted by atomic mass is 10.2. The fraction of sp³-hybridized carbons (Fsp3) is 0.130. The number of hydrogen-bond acceptors (Lipinski definition) is 8. The zero-order valence-electron chi connectivity index (χ0n) is 18.5. The summed E-state index contributed by atoms with van der Waals surface area (Å²) in [5.74, 6) is -1.42. The van der Waals surface area contributed by atoms with Gasteiger partial charge in [-0.05, 0) is 49.4 Å². The number of esters is 1. The third-order valence-electron chi connectivity index (χ3n) is 4.49. The molecule has 0 saturated carbocycles. The Morgan fingerprint density at radius 3 is 2.43 bits per heavy atom. The molecule has 0 aliphatic carbocycles. The van der Waals surface area contributed by atoms with E-state index in [4.69, 9.17) is 9.47 Å². The first-order chi connectivity index (χ1) is 16.7. The van der Waals surface area contributed by atoms with Crippen LogP contribution in [-0.2, 0) is 19.6 Å². The fourth-order valence-corrected chi connectivity index (χ4v) is 4.02. The highest BCUT2D eigenvalue weighted by molar-refractivity contribution is 7.92. The Morgan fingerprint density at radius 1 is 1.00 bits per heavy atom. The summed E-state index contributed by atoms with van der Waals surface area (Å²) >= 11 is 0. The van der Waals surface area contributed by atoms with Crippen LogP contribution in [0.5, 0.6) is 5.75 Å². The van der Waals surface area contributed by atoms with Crippen molar-refractivity contribution in [3.05, 3.63) is 88.5 Å². The van der Waals surface area contributed by atoms with E-state index in [0.29, 0.717) is 6.61 Å². The summed E-state index contributed by atoms with van der Waals surface area (Å²) in [7, 11) is -3.86. The quantitative estimate of drug-likeness (QED) is 0.244. The van der Waals surface area contributed by atoms with Gasteiger partial charge in [0.2, 0.25) is 0 Å². The molecule has 3 aromatic rings. The van der Waals surface area contributed by atoms with Gasteiger partial charge in [0.1, 0.15) is 11.4 Å². The van der Waals surface area contributed by atoms with Crippen molar-refractivity contribution in [3.63, 3.8) is 0 Å². The molecule has 11 nitrogen and oxygen atoms in total. The number of ether oxygens (including phenoxy) is 2. The average molecular weight is 500 g/mol. The Morgan fingerprint density at radius 2 is 1.74 bits per heavy atom. The molecular weight excluding hydrogens is 478 g/mol. The molecule has 35 heavy (non-hydrogen) atoms. The number of nitro benzene ring substituents is 1. The van der Waals surface area contributed by atoms with Gasteiger partial charge in [-0.25, -0.2) is 13.2 Å². The average Bonchev–Trinajstić information content (AvgIpc) is 2.84. The number of carbonyl (C=O) groups is 2. The van der Waals surface area contributed by atoms with Crippen LogP contribution in [0, 0.1) is 10.1 Å². The Labute approximate surface area is 200 Å². The number of nitro groups is 1. The molecule has 0 saturated heterocycles. The Hall–Kier alpha value is -4.45. The first-order valence-electron chi connectivity index (χ1n) is 10.3. The maximum atomic E-state index is 12.5. The van der Waals surface area contributed by atoms with Crippen LogP contribution in [0.3, 0.4) is 0 Å². The second-order valence-corrected chi connectivity index (χ2v) is 8.68. The minimum atomic E-state index is -3.86. The van der Waals surface area contributed by atoms with Crippen molar-refractivity contribution in [1.29, 1.82) is 0 Å². The molecule has 0 radical (unpaired) electrons. The summed E-state index contributed by atoms with van der Waals surface area (Å²) in [6.45, 7) is 1.32. The van der Waals surface area contributed by atoms with Gasteiger partial charge in [0.05, 0.1) is 28.1 Å². The number of benzene rings is 3. The van der Waals surface area contributed by atoms with Crippen molar-refractivity contribution < 1.29 is 32.4 Å². The molecule has 182 valence electrons. The van der Waals surface area contributed by atoms with Crippen molar-refractivity contribution >= 4 is 39.0 Å². The van der Waals surface area contributed by atoms with E-state index >= 15 is 0 Å². The molecular formula is C23H21N3O8S. The van der Waals surface area contributed by atoms with Gasteiger partial charge in [-0.1, -0.05) is 24.3 Å². The lowest BCUT2D eigenvalue weighted by Crippen LogP contribution is -2.21. The van der Waals surface area contributed by atoms with E-state index in [1.807, 2.05) is 0 Å². The van der Waals surface area contributed by atoms with E-state index in [0.717, 1.165) is 0 Å². The predicted octanol–water partition coefficient (Wildman–Crippen LogP) is 3.59. The summed E-state index contributed by atoms with van der Waals surface area (Å²) in [6.07, 6.45) is 0. The third-order valence-corrected chi connectivity index (χ3v) is 5.89. The smallest absolute Gasteiger partial charge is 0.338 e. The zero-order valence-corrected chi connectivity index (χ0v) is 19.3. The summed E-state index contributed by atoms with van der Waals surface area (Å²) in [5, 5.41) is 13.6. The molecule has 0 bridgehead atoms. The number of hydrogen-bond donors (Lipinski definition) is 2. The number of anilines is 2. The van der Waals surface area contributed by atoms with Crippen LogP contribution in [0.4, 0.5) is 17.1 Å².